The normalized spacial score (nSPS) is 12.7. The third-order valence-corrected chi connectivity index (χ3v) is 6.48. The van der Waals surface area contributed by atoms with E-state index in [0.717, 1.165) is 53.5 Å². The number of carbonyl (C=O) groups excluding carboxylic acids is 1. The number of thiazole rings is 1. The van der Waals surface area contributed by atoms with Crippen molar-refractivity contribution in [2.45, 2.75) is 32.6 Å². The minimum Gasteiger partial charge on any atom is -0.484 e. The monoisotopic (exact) mass is 446 g/mol. The number of benzene rings is 2. The Bertz CT molecular complexity index is 1350. The zero-order chi connectivity index (χ0) is 22.1. The van der Waals surface area contributed by atoms with Crippen LogP contribution in [0.4, 0.5) is 5.13 Å². The number of nitrogens with zero attached hydrogens (tertiary/aromatic N) is 1. The molecular formula is C25H22N2O4S. The van der Waals surface area contributed by atoms with E-state index in [-0.39, 0.29) is 18.1 Å². The number of anilines is 1. The van der Waals surface area contributed by atoms with Gasteiger partial charge >= 0.3 is 5.63 Å². The molecule has 2 aromatic carbocycles. The lowest BCUT2D eigenvalue weighted by Gasteiger charge is -2.08. The van der Waals surface area contributed by atoms with E-state index in [1.165, 1.54) is 16.9 Å². The molecule has 0 radical (unpaired) electrons. The lowest BCUT2D eigenvalue weighted by Crippen LogP contribution is -2.20. The molecule has 2 aromatic heterocycles. The van der Waals surface area contributed by atoms with Crippen LogP contribution in [0.3, 0.4) is 0 Å². The largest absolute Gasteiger partial charge is 0.484 e. The lowest BCUT2D eigenvalue weighted by atomic mass is 10.1. The van der Waals surface area contributed by atoms with E-state index in [4.69, 9.17) is 9.15 Å². The van der Waals surface area contributed by atoms with E-state index < -0.39 is 0 Å². The molecule has 0 spiro atoms. The van der Waals surface area contributed by atoms with Crippen LogP contribution in [0.1, 0.15) is 30.0 Å². The Morgan fingerprint density at radius 2 is 1.97 bits per heavy atom. The highest BCUT2D eigenvalue weighted by atomic mass is 32.1. The molecule has 5 rings (SSSR count). The predicted molar refractivity (Wildman–Crippen MR) is 126 cm³/mol. The molecule has 32 heavy (non-hydrogen) atoms. The van der Waals surface area contributed by atoms with E-state index in [9.17, 15) is 9.59 Å². The van der Waals surface area contributed by atoms with Gasteiger partial charge in [0, 0.05) is 28.0 Å². The molecule has 7 heteroatoms. The lowest BCUT2D eigenvalue weighted by molar-refractivity contribution is -0.118. The van der Waals surface area contributed by atoms with Crippen molar-refractivity contribution in [1.29, 1.82) is 0 Å². The molecule has 2 heterocycles. The predicted octanol–water partition coefficient (Wildman–Crippen LogP) is 4.99. The van der Waals surface area contributed by atoms with Crippen LogP contribution >= 0.6 is 11.3 Å². The number of carbonyl (C=O) groups is 1. The molecule has 6 nitrogen and oxygen atoms in total. The van der Waals surface area contributed by atoms with Crippen molar-refractivity contribution >= 4 is 33.3 Å². The van der Waals surface area contributed by atoms with Crippen molar-refractivity contribution in [2.24, 2.45) is 0 Å². The number of amides is 1. The van der Waals surface area contributed by atoms with Crippen LogP contribution in [0.2, 0.25) is 0 Å². The van der Waals surface area contributed by atoms with E-state index in [0.29, 0.717) is 16.5 Å². The summed E-state index contributed by atoms with van der Waals surface area (Å²) in [4.78, 5) is 29.0. The van der Waals surface area contributed by atoms with Crippen LogP contribution in [0.5, 0.6) is 5.75 Å². The average molecular weight is 447 g/mol. The van der Waals surface area contributed by atoms with Crippen LogP contribution in [-0.2, 0) is 24.1 Å². The van der Waals surface area contributed by atoms with Crippen LogP contribution < -0.4 is 15.7 Å². The standard InChI is InChI=1S/C25H22N2O4S/c1-2-15-6-8-16(9-7-15)21-14-32-25(26-21)27-23(28)13-30-17-10-11-19-18-4-3-5-20(18)24(29)31-22(19)12-17/h6-12,14H,2-5,13H2,1H3,(H,26,27,28). The highest BCUT2D eigenvalue weighted by molar-refractivity contribution is 7.14. The number of hydrogen-bond donors (Lipinski definition) is 1. The molecule has 1 N–H and O–H groups in total. The Balaban J connectivity index is 1.23. The maximum absolute atomic E-state index is 12.3. The third kappa shape index (κ3) is 4.03. The zero-order valence-corrected chi connectivity index (χ0v) is 18.5. The number of fused-ring (bicyclic) bond motifs is 3. The second-order valence-electron chi connectivity index (χ2n) is 7.78. The van der Waals surface area contributed by atoms with Gasteiger partial charge in [-0.25, -0.2) is 9.78 Å². The van der Waals surface area contributed by atoms with Gasteiger partial charge in [0.2, 0.25) is 0 Å². The minimum absolute atomic E-state index is 0.166. The Morgan fingerprint density at radius 1 is 1.16 bits per heavy atom. The van der Waals surface area contributed by atoms with Gasteiger partial charge in [-0.2, -0.15) is 0 Å². The Morgan fingerprint density at radius 3 is 2.78 bits per heavy atom. The first-order valence-corrected chi connectivity index (χ1v) is 11.5. The van der Waals surface area contributed by atoms with Gasteiger partial charge in [0.05, 0.1) is 5.69 Å². The van der Waals surface area contributed by atoms with Gasteiger partial charge in [0.25, 0.3) is 5.91 Å². The van der Waals surface area contributed by atoms with Crippen molar-refractivity contribution in [3.8, 4) is 17.0 Å². The Kier molecular flexibility index (Phi) is 5.49. The summed E-state index contributed by atoms with van der Waals surface area (Å²) < 4.78 is 11.1. The minimum atomic E-state index is -0.303. The van der Waals surface area contributed by atoms with Crippen molar-refractivity contribution in [2.75, 3.05) is 11.9 Å². The molecule has 0 unspecified atom stereocenters. The fourth-order valence-electron chi connectivity index (χ4n) is 4.03. The molecule has 4 aromatic rings. The molecule has 0 saturated heterocycles. The molecule has 0 fully saturated rings. The summed E-state index contributed by atoms with van der Waals surface area (Å²) in [6.07, 6.45) is 3.62. The molecule has 0 saturated carbocycles. The molecule has 1 aliphatic rings. The first kappa shape index (κ1) is 20.5. The van der Waals surface area contributed by atoms with Gasteiger partial charge in [0.15, 0.2) is 11.7 Å². The number of aromatic nitrogens is 1. The number of aryl methyl sites for hydroxylation is 2. The topological polar surface area (TPSA) is 81.4 Å². The summed E-state index contributed by atoms with van der Waals surface area (Å²) in [6.45, 7) is 1.95. The van der Waals surface area contributed by atoms with Gasteiger partial charge in [-0.1, -0.05) is 31.2 Å². The fourth-order valence-corrected chi connectivity index (χ4v) is 4.77. The van der Waals surface area contributed by atoms with Gasteiger partial charge < -0.3 is 9.15 Å². The maximum Gasteiger partial charge on any atom is 0.339 e. The van der Waals surface area contributed by atoms with Crippen molar-refractivity contribution < 1.29 is 13.9 Å². The maximum atomic E-state index is 12.3. The number of ether oxygens (including phenoxy) is 1. The molecule has 0 aliphatic heterocycles. The average Bonchev–Trinajstić information content (AvgIpc) is 3.48. The second kappa shape index (κ2) is 8.59. The Labute approximate surface area is 188 Å². The first-order chi connectivity index (χ1) is 15.6. The summed E-state index contributed by atoms with van der Waals surface area (Å²) in [5.74, 6) is 0.173. The van der Waals surface area contributed by atoms with Gasteiger partial charge in [0.1, 0.15) is 11.3 Å². The summed E-state index contributed by atoms with van der Waals surface area (Å²) in [7, 11) is 0. The second-order valence-corrected chi connectivity index (χ2v) is 8.64. The van der Waals surface area contributed by atoms with E-state index in [1.54, 1.807) is 12.1 Å². The Hall–Kier alpha value is -3.45. The molecule has 1 aliphatic carbocycles. The van der Waals surface area contributed by atoms with Crippen LogP contribution in [0, 0.1) is 0 Å². The summed E-state index contributed by atoms with van der Waals surface area (Å²) in [5.41, 5.74) is 5.19. The zero-order valence-electron chi connectivity index (χ0n) is 17.6. The highest BCUT2D eigenvalue weighted by Crippen LogP contribution is 2.30. The summed E-state index contributed by atoms with van der Waals surface area (Å²) in [5, 5.41) is 6.16. The smallest absolute Gasteiger partial charge is 0.339 e. The molecule has 162 valence electrons. The van der Waals surface area contributed by atoms with Crippen LogP contribution in [0.15, 0.2) is 57.1 Å². The molecule has 0 bridgehead atoms. The fraction of sp³-hybridized carbons (Fsp3) is 0.240. The third-order valence-electron chi connectivity index (χ3n) is 5.72. The van der Waals surface area contributed by atoms with E-state index in [2.05, 4.69) is 29.4 Å². The van der Waals surface area contributed by atoms with Gasteiger partial charge in [-0.3, -0.25) is 10.1 Å². The highest BCUT2D eigenvalue weighted by Gasteiger charge is 2.19. The van der Waals surface area contributed by atoms with E-state index in [1.807, 2.05) is 23.6 Å². The first-order valence-electron chi connectivity index (χ1n) is 10.7. The van der Waals surface area contributed by atoms with Crippen LogP contribution in [0.25, 0.3) is 22.2 Å². The quantitative estimate of drug-likeness (QED) is 0.422. The SMILES string of the molecule is CCc1ccc(-c2csc(NC(=O)COc3ccc4c5c(c(=O)oc4c3)CCC5)n2)cc1. The number of hydrogen-bond acceptors (Lipinski definition) is 6. The van der Waals surface area contributed by atoms with Gasteiger partial charge in [-0.15, -0.1) is 11.3 Å². The molecule has 0 atom stereocenters. The summed E-state index contributed by atoms with van der Waals surface area (Å²) >= 11 is 1.37. The van der Waals surface area contributed by atoms with Crippen LogP contribution in [-0.4, -0.2) is 17.5 Å². The molecular weight excluding hydrogens is 424 g/mol. The van der Waals surface area contributed by atoms with E-state index >= 15 is 0 Å². The van der Waals surface area contributed by atoms with Gasteiger partial charge in [-0.05, 0) is 48.9 Å². The van der Waals surface area contributed by atoms with Crippen molar-refractivity contribution in [1.82, 2.24) is 4.98 Å². The number of nitrogens with one attached hydrogen (secondary N) is 1. The molecule has 1 amide bonds. The summed E-state index contributed by atoms with van der Waals surface area (Å²) in [6, 6.07) is 13.6. The van der Waals surface area contributed by atoms with Crippen molar-refractivity contribution in [3.63, 3.8) is 0 Å². The number of rotatable bonds is 6. The van der Waals surface area contributed by atoms with Crippen molar-refractivity contribution in [3.05, 3.63) is 75.0 Å².